The maximum absolute atomic E-state index is 9.11. The lowest BCUT2D eigenvalue weighted by atomic mass is 10.2. The van der Waals surface area contributed by atoms with Crippen LogP contribution in [0.2, 0.25) is 0 Å². The van der Waals surface area contributed by atoms with Gasteiger partial charge in [0, 0.05) is 38.8 Å². The fourth-order valence-electron chi connectivity index (χ4n) is 2.70. The van der Waals surface area contributed by atoms with Gasteiger partial charge in [0.2, 0.25) is 0 Å². The molecule has 118 valence electrons. The topological polar surface area (TPSA) is 51.1 Å². The van der Waals surface area contributed by atoms with Crippen LogP contribution in [0, 0.1) is 5.92 Å². The van der Waals surface area contributed by atoms with Gasteiger partial charge in [-0.3, -0.25) is 9.89 Å². The molecule has 1 saturated heterocycles. The number of hydrogen-bond donors (Lipinski definition) is 2. The van der Waals surface area contributed by atoms with Gasteiger partial charge < -0.3 is 15.3 Å². The van der Waals surface area contributed by atoms with E-state index in [9.17, 15) is 0 Å². The maximum atomic E-state index is 9.11. The van der Waals surface area contributed by atoms with Crippen molar-refractivity contribution in [3.05, 3.63) is 0 Å². The summed E-state index contributed by atoms with van der Waals surface area (Å²) in [5.41, 5.74) is 0. The van der Waals surface area contributed by atoms with Gasteiger partial charge in [-0.05, 0) is 32.4 Å². The molecule has 0 amide bonds. The van der Waals surface area contributed by atoms with Gasteiger partial charge in [0.15, 0.2) is 5.96 Å². The van der Waals surface area contributed by atoms with E-state index in [0.717, 1.165) is 38.7 Å². The number of nitrogens with zero attached hydrogens (tertiary/aromatic N) is 3. The van der Waals surface area contributed by atoms with Crippen LogP contribution in [0.1, 0.15) is 34.1 Å². The number of guanidine groups is 1. The van der Waals surface area contributed by atoms with Crippen LogP contribution in [0.5, 0.6) is 0 Å². The Morgan fingerprint density at radius 2 is 2.10 bits per heavy atom. The lowest BCUT2D eigenvalue weighted by Crippen LogP contribution is -2.43. The van der Waals surface area contributed by atoms with E-state index in [1.807, 2.05) is 6.92 Å². The predicted octanol–water partition coefficient (Wildman–Crippen LogP) is 0.996. The van der Waals surface area contributed by atoms with Gasteiger partial charge in [0.05, 0.1) is 0 Å². The van der Waals surface area contributed by atoms with Crippen LogP contribution in [-0.4, -0.2) is 72.8 Å². The van der Waals surface area contributed by atoms with E-state index in [-0.39, 0.29) is 12.5 Å². The van der Waals surface area contributed by atoms with E-state index in [0.29, 0.717) is 12.6 Å². The van der Waals surface area contributed by atoms with E-state index in [2.05, 4.69) is 40.9 Å². The van der Waals surface area contributed by atoms with E-state index in [1.54, 1.807) is 0 Å². The summed E-state index contributed by atoms with van der Waals surface area (Å²) >= 11 is 0. The molecule has 2 unspecified atom stereocenters. The van der Waals surface area contributed by atoms with Crippen molar-refractivity contribution in [2.24, 2.45) is 10.9 Å². The molecule has 0 aromatic carbocycles. The highest BCUT2D eigenvalue weighted by molar-refractivity contribution is 5.80. The lowest BCUT2D eigenvalue weighted by Gasteiger charge is -2.27. The Balaban J connectivity index is 2.60. The van der Waals surface area contributed by atoms with Gasteiger partial charge in [-0.1, -0.05) is 20.8 Å². The number of aliphatic imine (C=N–C) groups is 1. The predicted molar refractivity (Wildman–Crippen MR) is 85.1 cm³/mol. The Morgan fingerprint density at radius 3 is 2.65 bits per heavy atom. The third kappa shape index (κ3) is 4.94. The van der Waals surface area contributed by atoms with E-state index < -0.39 is 0 Å². The molecular weight excluding hydrogens is 252 g/mol. The quantitative estimate of drug-likeness (QED) is 0.541. The Hall–Kier alpha value is -0.810. The highest BCUT2D eigenvalue weighted by Gasteiger charge is 2.27. The van der Waals surface area contributed by atoms with Gasteiger partial charge in [-0.15, -0.1) is 0 Å². The number of likely N-dealkylation sites (N-methyl/N-ethyl adjacent to an activating group) is 1. The Kier molecular flexibility index (Phi) is 7.92. The van der Waals surface area contributed by atoms with Crippen LogP contribution in [0.4, 0.5) is 0 Å². The van der Waals surface area contributed by atoms with Crippen molar-refractivity contribution in [1.29, 1.82) is 0 Å². The third-order valence-corrected chi connectivity index (χ3v) is 3.99. The Morgan fingerprint density at radius 1 is 1.40 bits per heavy atom. The van der Waals surface area contributed by atoms with Crippen molar-refractivity contribution in [2.45, 2.75) is 40.2 Å². The average molecular weight is 284 g/mol. The number of aliphatic hydroxyl groups is 1. The summed E-state index contributed by atoms with van der Waals surface area (Å²) in [6.07, 6.45) is 1.21. The van der Waals surface area contributed by atoms with Crippen LogP contribution in [-0.2, 0) is 0 Å². The summed E-state index contributed by atoms with van der Waals surface area (Å²) in [4.78, 5) is 9.55. The molecule has 20 heavy (non-hydrogen) atoms. The van der Waals surface area contributed by atoms with Crippen molar-refractivity contribution < 1.29 is 5.11 Å². The van der Waals surface area contributed by atoms with Crippen LogP contribution < -0.4 is 5.32 Å². The molecule has 0 aromatic heterocycles. The molecule has 2 atom stereocenters. The molecular formula is C15H32N4O. The van der Waals surface area contributed by atoms with E-state index in [1.165, 1.54) is 6.42 Å². The molecule has 5 nitrogen and oxygen atoms in total. The normalized spacial score (nSPS) is 21.6. The van der Waals surface area contributed by atoms with Crippen molar-refractivity contribution in [3.8, 4) is 0 Å². The summed E-state index contributed by atoms with van der Waals surface area (Å²) in [6.45, 7) is 14.7. The molecule has 0 spiro atoms. The van der Waals surface area contributed by atoms with Crippen molar-refractivity contribution in [2.75, 3.05) is 45.9 Å². The zero-order chi connectivity index (χ0) is 15.0. The summed E-state index contributed by atoms with van der Waals surface area (Å²) in [5.74, 6) is 1.23. The summed E-state index contributed by atoms with van der Waals surface area (Å²) in [6, 6.07) is 0.643. The highest BCUT2D eigenvalue weighted by atomic mass is 16.3. The molecule has 1 aliphatic rings. The zero-order valence-corrected chi connectivity index (χ0v) is 13.6. The second-order valence-corrected chi connectivity index (χ2v) is 5.59. The highest BCUT2D eigenvalue weighted by Crippen LogP contribution is 2.15. The molecule has 1 fully saturated rings. The molecule has 5 heteroatoms. The molecule has 0 radical (unpaired) electrons. The van der Waals surface area contributed by atoms with Crippen molar-refractivity contribution in [1.82, 2.24) is 15.1 Å². The van der Waals surface area contributed by atoms with E-state index in [4.69, 9.17) is 5.11 Å². The smallest absolute Gasteiger partial charge is 0.193 e. The number of aliphatic hydroxyl groups excluding tert-OH is 1. The minimum atomic E-state index is 0.199. The Labute approximate surface area is 124 Å². The molecule has 2 N–H and O–H groups in total. The van der Waals surface area contributed by atoms with Gasteiger partial charge in [-0.25, -0.2) is 0 Å². The van der Waals surface area contributed by atoms with Gasteiger partial charge in [0.25, 0.3) is 0 Å². The lowest BCUT2D eigenvalue weighted by molar-refractivity contribution is 0.223. The third-order valence-electron chi connectivity index (χ3n) is 3.99. The molecule has 0 saturated carbocycles. The molecule has 0 aliphatic carbocycles. The van der Waals surface area contributed by atoms with E-state index >= 15 is 0 Å². The molecule has 0 bridgehead atoms. The number of rotatable bonds is 7. The zero-order valence-electron chi connectivity index (χ0n) is 13.6. The SMILES string of the molecule is CCNC(=NCC(C)CO)N1CCC(N(CC)CC)C1. The van der Waals surface area contributed by atoms with Gasteiger partial charge >= 0.3 is 0 Å². The Bertz CT molecular complexity index is 292. The molecule has 0 aromatic rings. The van der Waals surface area contributed by atoms with Crippen LogP contribution in [0.3, 0.4) is 0 Å². The number of nitrogens with one attached hydrogen (secondary N) is 1. The fourth-order valence-corrected chi connectivity index (χ4v) is 2.70. The van der Waals surface area contributed by atoms with Crippen LogP contribution >= 0.6 is 0 Å². The monoisotopic (exact) mass is 284 g/mol. The second kappa shape index (κ2) is 9.19. The first kappa shape index (κ1) is 17.2. The van der Waals surface area contributed by atoms with Gasteiger partial charge in [0.1, 0.15) is 0 Å². The maximum Gasteiger partial charge on any atom is 0.193 e. The number of hydrogen-bond acceptors (Lipinski definition) is 3. The standard InChI is InChI=1S/C15H32N4O/c1-5-16-15(17-10-13(4)12-20)19-9-8-14(11-19)18(6-2)7-3/h13-14,20H,5-12H2,1-4H3,(H,16,17). The minimum absolute atomic E-state index is 0.199. The van der Waals surface area contributed by atoms with Crippen molar-refractivity contribution in [3.63, 3.8) is 0 Å². The first-order valence-corrected chi connectivity index (χ1v) is 8.04. The average Bonchev–Trinajstić information content (AvgIpc) is 2.94. The molecule has 1 aliphatic heterocycles. The van der Waals surface area contributed by atoms with Crippen molar-refractivity contribution >= 4 is 5.96 Å². The largest absolute Gasteiger partial charge is 0.396 e. The molecule has 1 heterocycles. The first-order chi connectivity index (χ1) is 9.65. The number of likely N-dealkylation sites (tertiary alicyclic amines) is 1. The van der Waals surface area contributed by atoms with Crippen LogP contribution in [0.25, 0.3) is 0 Å². The van der Waals surface area contributed by atoms with Gasteiger partial charge in [-0.2, -0.15) is 0 Å². The van der Waals surface area contributed by atoms with Crippen LogP contribution in [0.15, 0.2) is 4.99 Å². The summed E-state index contributed by atoms with van der Waals surface area (Å²) in [5, 5.41) is 12.5. The summed E-state index contributed by atoms with van der Waals surface area (Å²) in [7, 11) is 0. The second-order valence-electron chi connectivity index (χ2n) is 5.59. The fraction of sp³-hybridized carbons (Fsp3) is 0.933. The molecule has 1 rings (SSSR count). The first-order valence-electron chi connectivity index (χ1n) is 8.04. The summed E-state index contributed by atoms with van der Waals surface area (Å²) < 4.78 is 0. The minimum Gasteiger partial charge on any atom is -0.396 e.